The van der Waals surface area contributed by atoms with Crippen molar-refractivity contribution in [2.75, 3.05) is 11.9 Å². The monoisotopic (exact) mass is 368 g/mol. The molecule has 0 bridgehead atoms. The second-order valence-corrected chi connectivity index (χ2v) is 5.78. The fraction of sp³-hybridized carbons (Fsp3) is 0.167. The molecule has 2 aromatic rings. The molecule has 0 saturated carbocycles. The van der Waals surface area contributed by atoms with E-state index in [0.29, 0.717) is 5.69 Å². The van der Waals surface area contributed by atoms with Gasteiger partial charge in [-0.15, -0.1) is 0 Å². The number of nitro benzene ring substituents is 1. The quantitative estimate of drug-likeness (QED) is 0.278. The minimum Gasteiger partial charge on any atom is -0.506 e. The Balaban J connectivity index is 2.57. The Hall–Kier alpha value is -3.93. The van der Waals surface area contributed by atoms with Gasteiger partial charge in [-0.25, -0.2) is 0 Å². The van der Waals surface area contributed by atoms with Crippen LogP contribution in [0, 0.1) is 35.3 Å². The van der Waals surface area contributed by atoms with Crippen molar-refractivity contribution in [3.8, 4) is 11.8 Å². The van der Waals surface area contributed by atoms with E-state index in [0.717, 1.165) is 16.5 Å². The molecule has 1 heterocycles. The average molecular weight is 368 g/mol. The third kappa shape index (κ3) is 3.69. The number of hydrogen-bond donors (Lipinski definition) is 2. The highest BCUT2D eigenvalue weighted by molar-refractivity contribution is 6.12. The van der Waals surface area contributed by atoms with Crippen molar-refractivity contribution >= 4 is 23.0 Å². The largest absolute Gasteiger partial charge is 0.506 e. The lowest BCUT2D eigenvalue weighted by molar-refractivity contribution is -0.385. The molecule has 138 valence electrons. The maximum Gasteiger partial charge on any atom is 0.311 e. The third-order valence-corrected chi connectivity index (χ3v) is 3.99. The fourth-order valence-electron chi connectivity index (χ4n) is 2.47. The van der Waals surface area contributed by atoms with Crippen LogP contribution in [0.4, 0.5) is 11.4 Å². The van der Waals surface area contributed by atoms with Gasteiger partial charge in [0.25, 0.3) is 5.91 Å². The van der Waals surface area contributed by atoms with Crippen molar-refractivity contribution in [3.63, 3.8) is 0 Å². The summed E-state index contributed by atoms with van der Waals surface area (Å²) < 4.78 is 0. The normalized spacial score (nSPS) is 11.3. The van der Waals surface area contributed by atoms with Crippen LogP contribution < -0.4 is 4.90 Å². The number of anilines is 1. The molecule has 0 aliphatic rings. The number of phenols is 1. The molecule has 0 fully saturated rings. The zero-order valence-electron chi connectivity index (χ0n) is 14.8. The van der Waals surface area contributed by atoms with Gasteiger partial charge in [0.2, 0.25) is 0 Å². The summed E-state index contributed by atoms with van der Waals surface area (Å²) in [7, 11) is 1.42. The van der Waals surface area contributed by atoms with Crippen molar-refractivity contribution in [2.24, 2.45) is 0 Å². The molecule has 2 N–H and O–H groups in total. The number of hydrogen-bond acceptors (Lipinski definition) is 7. The van der Waals surface area contributed by atoms with E-state index in [-0.39, 0.29) is 11.1 Å². The van der Waals surface area contributed by atoms with Gasteiger partial charge >= 0.3 is 5.69 Å². The predicted molar refractivity (Wildman–Crippen MR) is 97.0 cm³/mol. The molecule has 2 rings (SSSR count). The van der Waals surface area contributed by atoms with Gasteiger partial charge < -0.3 is 15.1 Å². The van der Waals surface area contributed by atoms with Crippen LogP contribution in [0.5, 0.6) is 5.75 Å². The summed E-state index contributed by atoms with van der Waals surface area (Å²) in [6.07, 6.45) is 2.99. The van der Waals surface area contributed by atoms with Crippen molar-refractivity contribution < 1.29 is 19.9 Å². The molecule has 9 nitrogen and oxygen atoms in total. The minimum atomic E-state index is -0.821. The molecule has 0 spiro atoms. The number of aryl methyl sites for hydroxylation is 2. The lowest BCUT2D eigenvalue weighted by Gasteiger charge is -2.19. The molecule has 1 amide bonds. The summed E-state index contributed by atoms with van der Waals surface area (Å²) >= 11 is 0. The molecule has 0 radical (unpaired) electrons. The first-order chi connectivity index (χ1) is 12.7. The molecule has 0 unspecified atom stereocenters. The number of nitrogens with zero attached hydrogens (tertiary/aromatic N) is 4. The third-order valence-electron chi connectivity index (χ3n) is 3.99. The highest BCUT2D eigenvalue weighted by atomic mass is 16.6. The van der Waals surface area contributed by atoms with Crippen molar-refractivity contribution in [1.29, 1.82) is 5.26 Å². The number of aliphatic hydroxyl groups excluding tert-OH is 1. The number of phenolic OH excluding ortho intramolecular Hbond substituents is 1. The lowest BCUT2D eigenvalue weighted by atomic mass is 10.0. The number of carbonyl (C=O) groups is 1. The van der Waals surface area contributed by atoms with Gasteiger partial charge in [-0.2, -0.15) is 5.26 Å². The molecule has 9 heteroatoms. The van der Waals surface area contributed by atoms with E-state index in [1.807, 2.05) is 0 Å². The van der Waals surface area contributed by atoms with Crippen molar-refractivity contribution in [2.45, 2.75) is 13.8 Å². The van der Waals surface area contributed by atoms with E-state index in [2.05, 4.69) is 4.98 Å². The number of rotatable bonds is 4. The van der Waals surface area contributed by atoms with Crippen LogP contribution >= 0.6 is 0 Å². The average Bonchev–Trinajstić information content (AvgIpc) is 2.63. The maximum absolute atomic E-state index is 12.7. The van der Waals surface area contributed by atoms with E-state index in [9.17, 15) is 30.4 Å². The number of nitro groups is 1. The molecule has 0 atom stereocenters. The molecular weight excluding hydrogens is 352 g/mol. The number of aliphatic hydroxyl groups is 1. The van der Waals surface area contributed by atoms with Crippen molar-refractivity contribution in [1.82, 2.24) is 4.98 Å². The second-order valence-electron chi connectivity index (χ2n) is 5.78. The number of aromatic nitrogens is 1. The smallest absolute Gasteiger partial charge is 0.311 e. The molecular formula is C18H16N4O5. The molecule has 0 aliphatic carbocycles. The van der Waals surface area contributed by atoms with E-state index in [1.54, 1.807) is 25.3 Å². The predicted octanol–water partition coefficient (Wildman–Crippen LogP) is 2.77. The van der Waals surface area contributed by atoms with Gasteiger partial charge in [0, 0.05) is 24.9 Å². The van der Waals surface area contributed by atoms with Crippen LogP contribution in [0.15, 0.2) is 36.2 Å². The Morgan fingerprint density at radius 3 is 2.56 bits per heavy atom. The topological polar surface area (TPSA) is 141 Å². The number of likely N-dealkylation sites (N-methyl/N-ethyl adjacent to an activating group) is 1. The molecule has 27 heavy (non-hydrogen) atoms. The Morgan fingerprint density at radius 2 is 2.00 bits per heavy atom. The Kier molecular flexibility index (Phi) is 5.41. The van der Waals surface area contributed by atoms with Gasteiger partial charge in [0.15, 0.2) is 11.3 Å². The van der Waals surface area contributed by atoms with E-state index < -0.39 is 33.6 Å². The maximum atomic E-state index is 12.7. The number of benzene rings is 1. The number of aromatic hydroxyl groups is 1. The summed E-state index contributed by atoms with van der Waals surface area (Å²) in [4.78, 5) is 28.0. The van der Waals surface area contributed by atoms with Crippen LogP contribution in [-0.4, -0.2) is 33.1 Å². The van der Waals surface area contributed by atoms with Crippen LogP contribution in [0.2, 0.25) is 0 Å². The number of amides is 1. The molecule has 0 aliphatic heterocycles. The zero-order chi connectivity index (χ0) is 20.3. The van der Waals surface area contributed by atoms with Gasteiger partial charge in [-0.05, 0) is 37.1 Å². The van der Waals surface area contributed by atoms with Crippen molar-refractivity contribution in [3.05, 3.63) is 63.0 Å². The number of pyridine rings is 1. The zero-order valence-corrected chi connectivity index (χ0v) is 14.8. The lowest BCUT2D eigenvalue weighted by Crippen LogP contribution is -2.28. The summed E-state index contributed by atoms with van der Waals surface area (Å²) in [6, 6.07) is 5.47. The first kappa shape index (κ1) is 19.4. The van der Waals surface area contributed by atoms with Gasteiger partial charge in [-0.1, -0.05) is 0 Å². The Labute approximate surface area is 154 Å². The molecule has 1 aromatic heterocycles. The fourth-order valence-corrected chi connectivity index (χ4v) is 2.47. The molecule has 1 aromatic carbocycles. The van der Waals surface area contributed by atoms with E-state index in [1.165, 1.54) is 26.2 Å². The van der Waals surface area contributed by atoms with E-state index in [4.69, 9.17) is 0 Å². The summed E-state index contributed by atoms with van der Waals surface area (Å²) in [5, 5.41) is 40.6. The van der Waals surface area contributed by atoms with Crippen LogP contribution in [0.25, 0.3) is 5.76 Å². The minimum absolute atomic E-state index is 0.118. The SMILES string of the molecule is Cc1ccncc1N(C)C(=O)/C(C#N)=C(\O)c1cc(C)c(O)c([N+](=O)[O-])c1. The highest BCUT2D eigenvalue weighted by Crippen LogP contribution is 2.33. The summed E-state index contributed by atoms with van der Waals surface area (Å²) in [5.41, 5.74) is -0.0762. The summed E-state index contributed by atoms with van der Waals surface area (Å²) in [6.45, 7) is 3.15. The van der Waals surface area contributed by atoms with Gasteiger partial charge in [0.1, 0.15) is 11.8 Å². The number of nitriles is 1. The van der Waals surface area contributed by atoms with Crippen LogP contribution in [0.3, 0.4) is 0 Å². The second kappa shape index (κ2) is 7.53. The summed E-state index contributed by atoms with van der Waals surface area (Å²) in [5.74, 6) is -2.08. The molecule has 0 saturated heterocycles. The first-order valence-electron chi connectivity index (χ1n) is 7.69. The highest BCUT2D eigenvalue weighted by Gasteiger charge is 2.25. The number of carbonyl (C=O) groups excluding carboxylic acids is 1. The van der Waals surface area contributed by atoms with Crippen LogP contribution in [0.1, 0.15) is 16.7 Å². The first-order valence-corrected chi connectivity index (χ1v) is 7.69. The van der Waals surface area contributed by atoms with Gasteiger partial charge in [0.05, 0.1) is 16.8 Å². The van der Waals surface area contributed by atoms with E-state index >= 15 is 0 Å². The standard InChI is InChI=1S/C18H16N4O5/c1-10-4-5-20-9-15(10)21(3)18(25)13(8-19)17(24)12-6-11(2)16(23)14(7-12)22(26)27/h4-7,9,23-24H,1-3H3/b17-13-. The van der Waals surface area contributed by atoms with Gasteiger partial charge in [-0.3, -0.25) is 19.9 Å². The Bertz CT molecular complexity index is 1010. The Morgan fingerprint density at radius 1 is 1.33 bits per heavy atom. The van der Waals surface area contributed by atoms with Crippen LogP contribution in [-0.2, 0) is 4.79 Å².